The first-order chi connectivity index (χ1) is 9.70. The number of halogens is 4. The fraction of sp³-hybridized carbons (Fsp3) is 0.250. The Balaban J connectivity index is 2.36. The number of aliphatic hydroxyl groups excluding tert-OH is 1. The Morgan fingerprint density at radius 2 is 1.57 bits per heavy atom. The molecule has 0 aromatic heterocycles. The van der Waals surface area contributed by atoms with Crippen LogP contribution in [0.25, 0.3) is 0 Å². The molecule has 1 atom stereocenters. The Hall–Kier alpha value is -1.52. The van der Waals surface area contributed by atoms with E-state index in [0.717, 1.165) is 23.3 Å². The van der Waals surface area contributed by atoms with Crippen molar-refractivity contribution in [1.82, 2.24) is 0 Å². The molecule has 0 fully saturated rings. The van der Waals surface area contributed by atoms with Crippen LogP contribution in [0, 0.1) is 13.8 Å². The first-order valence-electron chi connectivity index (χ1n) is 6.32. The average molecular weight is 315 g/mol. The zero-order valence-corrected chi connectivity index (χ0v) is 12.3. The fourth-order valence-corrected chi connectivity index (χ4v) is 2.35. The lowest BCUT2D eigenvalue weighted by molar-refractivity contribution is -0.137. The summed E-state index contributed by atoms with van der Waals surface area (Å²) in [6.07, 6.45) is -5.36. The second kappa shape index (κ2) is 5.70. The summed E-state index contributed by atoms with van der Waals surface area (Å²) in [6.45, 7) is 3.61. The van der Waals surface area contributed by atoms with Crippen LogP contribution in [0.3, 0.4) is 0 Å². The van der Waals surface area contributed by atoms with Crippen molar-refractivity contribution in [2.75, 3.05) is 0 Å². The average Bonchev–Trinajstić information content (AvgIpc) is 2.41. The van der Waals surface area contributed by atoms with E-state index in [9.17, 15) is 18.3 Å². The van der Waals surface area contributed by atoms with Crippen molar-refractivity contribution in [3.8, 4) is 0 Å². The molecule has 1 unspecified atom stereocenters. The van der Waals surface area contributed by atoms with Gasteiger partial charge in [-0.15, -0.1) is 0 Å². The second-order valence-electron chi connectivity index (χ2n) is 4.98. The molecule has 0 aliphatic carbocycles. The van der Waals surface area contributed by atoms with Crippen LogP contribution in [0.15, 0.2) is 36.4 Å². The third kappa shape index (κ3) is 3.39. The van der Waals surface area contributed by atoms with E-state index in [4.69, 9.17) is 11.6 Å². The van der Waals surface area contributed by atoms with E-state index < -0.39 is 17.8 Å². The highest BCUT2D eigenvalue weighted by molar-refractivity contribution is 6.31. The van der Waals surface area contributed by atoms with Crippen LogP contribution in [0.1, 0.15) is 33.9 Å². The predicted molar refractivity (Wildman–Crippen MR) is 76.4 cm³/mol. The van der Waals surface area contributed by atoms with Crippen molar-refractivity contribution in [3.05, 3.63) is 69.2 Å². The van der Waals surface area contributed by atoms with Gasteiger partial charge in [0.1, 0.15) is 6.10 Å². The molecule has 0 bridgehead atoms. The van der Waals surface area contributed by atoms with Gasteiger partial charge < -0.3 is 5.11 Å². The molecule has 0 amide bonds. The van der Waals surface area contributed by atoms with Crippen molar-refractivity contribution in [1.29, 1.82) is 0 Å². The van der Waals surface area contributed by atoms with Gasteiger partial charge in [0.15, 0.2) is 0 Å². The second-order valence-corrected chi connectivity index (χ2v) is 5.39. The fourth-order valence-electron chi connectivity index (χ4n) is 2.13. The molecule has 0 aliphatic rings. The molecule has 1 N–H and O–H groups in total. The van der Waals surface area contributed by atoms with Crippen molar-refractivity contribution < 1.29 is 18.3 Å². The summed E-state index contributed by atoms with van der Waals surface area (Å²) in [5.41, 5.74) is 1.91. The van der Waals surface area contributed by atoms with Gasteiger partial charge in [0.25, 0.3) is 0 Å². The molecule has 2 aromatic rings. The van der Waals surface area contributed by atoms with Gasteiger partial charge in [-0.25, -0.2) is 0 Å². The van der Waals surface area contributed by atoms with E-state index >= 15 is 0 Å². The topological polar surface area (TPSA) is 20.2 Å². The standard InChI is InChI=1S/C16H14ClF3O/c1-9-8-14(17)10(2)7-13(9)15(21)11-3-5-12(6-4-11)16(18,19)20/h3-8,15,21H,1-2H3. The molecule has 2 rings (SSSR count). The number of rotatable bonds is 2. The Bertz CT molecular complexity index is 648. The number of aryl methyl sites for hydroxylation is 2. The lowest BCUT2D eigenvalue weighted by Gasteiger charge is -2.16. The van der Waals surface area contributed by atoms with Crippen LogP contribution in [0.5, 0.6) is 0 Å². The third-order valence-electron chi connectivity index (χ3n) is 3.40. The lowest BCUT2D eigenvalue weighted by Crippen LogP contribution is -2.07. The lowest BCUT2D eigenvalue weighted by atomic mass is 9.95. The maximum absolute atomic E-state index is 12.5. The summed E-state index contributed by atoms with van der Waals surface area (Å²) in [6, 6.07) is 8.00. The number of aliphatic hydroxyl groups is 1. The summed E-state index contributed by atoms with van der Waals surface area (Å²) in [5.74, 6) is 0. The molecular weight excluding hydrogens is 301 g/mol. The van der Waals surface area contributed by atoms with E-state index in [-0.39, 0.29) is 0 Å². The number of hydrogen-bond acceptors (Lipinski definition) is 1. The minimum atomic E-state index is -4.38. The van der Waals surface area contributed by atoms with E-state index in [1.807, 2.05) is 6.92 Å². The summed E-state index contributed by atoms with van der Waals surface area (Å²) >= 11 is 6.00. The monoisotopic (exact) mass is 314 g/mol. The van der Waals surface area contributed by atoms with Crippen LogP contribution in [-0.4, -0.2) is 5.11 Å². The van der Waals surface area contributed by atoms with Crippen molar-refractivity contribution >= 4 is 11.6 Å². The summed E-state index contributed by atoms with van der Waals surface area (Å²) in [7, 11) is 0. The molecule has 0 saturated heterocycles. The largest absolute Gasteiger partial charge is 0.416 e. The van der Waals surface area contributed by atoms with Crippen LogP contribution >= 0.6 is 11.6 Å². The maximum atomic E-state index is 12.5. The molecule has 0 radical (unpaired) electrons. The molecular formula is C16H14ClF3O. The van der Waals surface area contributed by atoms with Crippen LogP contribution in [0.4, 0.5) is 13.2 Å². The minimum absolute atomic E-state index is 0.410. The first-order valence-corrected chi connectivity index (χ1v) is 6.70. The van der Waals surface area contributed by atoms with Crippen molar-refractivity contribution in [2.24, 2.45) is 0 Å². The first kappa shape index (κ1) is 15.9. The number of benzene rings is 2. The van der Waals surface area contributed by atoms with E-state index in [1.165, 1.54) is 12.1 Å². The van der Waals surface area contributed by atoms with Crippen LogP contribution < -0.4 is 0 Å². The smallest absolute Gasteiger partial charge is 0.384 e. The molecule has 5 heteroatoms. The summed E-state index contributed by atoms with van der Waals surface area (Å²) in [5, 5.41) is 11.0. The van der Waals surface area contributed by atoms with Gasteiger partial charge in [0, 0.05) is 5.02 Å². The normalized spacial score (nSPS) is 13.3. The van der Waals surface area contributed by atoms with Crippen molar-refractivity contribution in [2.45, 2.75) is 26.1 Å². The molecule has 1 nitrogen and oxygen atoms in total. The molecule has 0 aliphatic heterocycles. The van der Waals surface area contributed by atoms with Gasteiger partial charge in [-0.1, -0.05) is 29.8 Å². The zero-order valence-electron chi connectivity index (χ0n) is 11.5. The van der Waals surface area contributed by atoms with Gasteiger partial charge in [0.2, 0.25) is 0 Å². The Morgan fingerprint density at radius 3 is 2.10 bits per heavy atom. The SMILES string of the molecule is Cc1cc(C(O)c2ccc(C(F)(F)F)cc2)c(C)cc1Cl. The van der Waals surface area contributed by atoms with E-state index in [2.05, 4.69) is 0 Å². The zero-order chi connectivity index (χ0) is 15.8. The molecule has 112 valence electrons. The number of alkyl halides is 3. The maximum Gasteiger partial charge on any atom is 0.416 e. The van der Waals surface area contributed by atoms with Crippen molar-refractivity contribution in [3.63, 3.8) is 0 Å². The molecule has 21 heavy (non-hydrogen) atoms. The van der Waals surface area contributed by atoms with Gasteiger partial charge in [-0.3, -0.25) is 0 Å². The van der Waals surface area contributed by atoms with Gasteiger partial charge >= 0.3 is 6.18 Å². The third-order valence-corrected chi connectivity index (χ3v) is 3.80. The van der Waals surface area contributed by atoms with Crippen LogP contribution in [-0.2, 0) is 6.18 Å². The summed E-state index contributed by atoms with van der Waals surface area (Å²) in [4.78, 5) is 0. The minimum Gasteiger partial charge on any atom is -0.384 e. The van der Waals surface area contributed by atoms with Gasteiger partial charge in [-0.05, 0) is 54.3 Å². The predicted octanol–water partition coefficient (Wildman–Crippen LogP) is 5.06. The molecule has 0 heterocycles. The van der Waals surface area contributed by atoms with E-state index in [0.29, 0.717) is 16.1 Å². The molecule has 2 aromatic carbocycles. The highest BCUT2D eigenvalue weighted by atomic mass is 35.5. The highest BCUT2D eigenvalue weighted by Crippen LogP contribution is 2.32. The Kier molecular flexibility index (Phi) is 4.30. The van der Waals surface area contributed by atoms with E-state index in [1.54, 1.807) is 19.1 Å². The number of hydrogen-bond donors (Lipinski definition) is 1. The molecule has 0 saturated carbocycles. The van der Waals surface area contributed by atoms with Gasteiger partial charge in [-0.2, -0.15) is 13.2 Å². The molecule has 0 spiro atoms. The quantitative estimate of drug-likeness (QED) is 0.821. The van der Waals surface area contributed by atoms with Gasteiger partial charge in [0.05, 0.1) is 5.56 Å². The highest BCUT2D eigenvalue weighted by Gasteiger charge is 2.30. The Labute approximate surface area is 126 Å². The van der Waals surface area contributed by atoms with Crippen LogP contribution in [0.2, 0.25) is 5.02 Å². The summed E-state index contributed by atoms with van der Waals surface area (Å²) < 4.78 is 37.6. The Morgan fingerprint density at radius 1 is 1.00 bits per heavy atom.